The van der Waals surface area contributed by atoms with Gasteiger partial charge in [0.05, 0.1) is 0 Å². The number of rotatable bonds is 6. The van der Waals surface area contributed by atoms with Gasteiger partial charge in [-0.3, -0.25) is 4.79 Å². The molecule has 2 aromatic rings. The average Bonchev–Trinajstić information content (AvgIpc) is 2.65. The van der Waals surface area contributed by atoms with Crippen LogP contribution in [0.25, 0.3) is 0 Å². The van der Waals surface area contributed by atoms with Crippen LogP contribution in [0.4, 0.5) is 11.4 Å². The Labute approximate surface area is 155 Å². The number of nitrogens with one attached hydrogen (secondary N) is 2. The molecular weight excluding hydrogens is 322 g/mol. The molecule has 2 aromatic carbocycles. The average molecular weight is 347 g/mol. The van der Waals surface area contributed by atoms with E-state index in [1.807, 2.05) is 70.2 Å². The number of nitriles is 1. The molecule has 1 amide bonds. The van der Waals surface area contributed by atoms with Crippen molar-refractivity contribution in [2.45, 2.75) is 40.5 Å². The van der Waals surface area contributed by atoms with Gasteiger partial charge in [0.15, 0.2) is 0 Å². The van der Waals surface area contributed by atoms with Crippen LogP contribution < -0.4 is 10.6 Å². The van der Waals surface area contributed by atoms with Crippen LogP contribution in [0.2, 0.25) is 0 Å². The molecule has 0 radical (unpaired) electrons. The lowest BCUT2D eigenvalue weighted by atomic mass is 10.0. The van der Waals surface area contributed by atoms with Gasteiger partial charge in [0, 0.05) is 17.6 Å². The third-order valence-electron chi connectivity index (χ3n) is 4.58. The number of carbonyl (C=O) groups is 1. The van der Waals surface area contributed by atoms with Crippen molar-refractivity contribution in [1.29, 1.82) is 5.26 Å². The van der Waals surface area contributed by atoms with E-state index in [9.17, 15) is 10.1 Å². The zero-order valence-electron chi connectivity index (χ0n) is 15.8. The van der Waals surface area contributed by atoms with E-state index in [1.165, 1.54) is 6.20 Å². The van der Waals surface area contributed by atoms with Gasteiger partial charge < -0.3 is 10.6 Å². The first-order chi connectivity index (χ1) is 12.5. The molecule has 2 N–H and O–H groups in total. The maximum Gasteiger partial charge on any atom is 0.267 e. The summed E-state index contributed by atoms with van der Waals surface area (Å²) < 4.78 is 0. The van der Waals surface area contributed by atoms with Gasteiger partial charge in [-0.1, -0.05) is 44.2 Å². The van der Waals surface area contributed by atoms with Gasteiger partial charge in [-0.05, 0) is 55.0 Å². The summed E-state index contributed by atoms with van der Waals surface area (Å²) in [4.78, 5) is 12.6. The van der Waals surface area contributed by atoms with Crippen LogP contribution >= 0.6 is 0 Å². The van der Waals surface area contributed by atoms with Crippen molar-refractivity contribution in [2.75, 3.05) is 10.6 Å². The highest BCUT2D eigenvalue weighted by Crippen LogP contribution is 2.23. The summed E-state index contributed by atoms with van der Waals surface area (Å²) in [6, 6.07) is 13.9. The molecule has 0 heterocycles. The van der Waals surface area contributed by atoms with Gasteiger partial charge in [0.2, 0.25) is 0 Å². The second-order valence-corrected chi connectivity index (χ2v) is 6.17. The molecule has 134 valence electrons. The first-order valence-corrected chi connectivity index (χ1v) is 8.86. The Bertz CT molecular complexity index is 853. The number of carbonyl (C=O) groups excluding carboxylic acids is 1. The van der Waals surface area contributed by atoms with Crippen molar-refractivity contribution >= 4 is 17.3 Å². The third kappa shape index (κ3) is 4.31. The summed E-state index contributed by atoms with van der Waals surface area (Å²) in [6.45, 7) is 8.12. The minimum absolute atomic E-state index is 0.0406. The van der Waals surface area contributed by atoms with Crippen LogP contribution in [0.15, 0.2) is 48.2 Å². The fourth-order valence-corrected chi connectivity index (χ4v) is 2.79. The molecule has 0 aliphatic carbocycles. The second kappa shape index (κ2) is 8.87. The Hall–Kier alpha value is -3.06. The summed E-state index contributed by atoms with van der Waals surface area (Å²) in [5.41, 5.74) is 6.11. The Balaban J connectivity index is 2.25. The number of benzene rings is 2. The molecule has 0 fully saturated rings. The van der Waals surface area contributed by atoms with Gasteiger partial charge in [-0.15, -0.1) is 0 Å². The van der Waals surface area contributed by atoms with E-state index < -0.39 is 5.91 Å². The predicted molar refractivity (Wildman–Crippen MR) is 107 cm³/mol. The van der Waals surface area contributed by atoms with Gasteiger partial charge in [-0.2, -0.15) is 5.26 Å². The van der Waals surface area contributed by atoms with E-state index in [4.69, 9.17) is 0 Å². The van der Waals surface area contributed by atoms with Gasteiger partial charge in [0.1, 0.15) is 11.6 Å². The molecule has 0 aromatic heterocycles. The third-order valence-corrected chi connectivity index (χ3v) is 4.58. The molecule has 26 heavy (non-hydrogen) atoms. The topological polar surface area (TPSA) is 64.9 Å². The van der Waals surface area contributed by atoms with Crippen molar-refractivity contribution in [1.82, 2.24) is 0 Å². The van der Waals surface area contributed by atoms with E-state index >= 15 is 0 Å². The monoisotopic (exact) mass is 347 g/mol. The number of hydrogen-bond acceptors (Lipinski definition) is 3. The van der Waals surface area contributed by atoms with Crippen LogP contribution in [-0.2, 0) is 17.6 Å². The highest BCUT2D eigenvalue weighted by atomic mass is 16.1. The van der Waals surface area contributed by atoms with Crippen LogP contribution in [0.1, 0.15) is 36.1 Å². The van der Waals surface area contributed by atoms with Crippen molar-refractivity contribution in [3.05, 3.63) is 70.4 Å². The van der Waals surface area contributed by atoms with E-state index in [1.54, 1.807) is 0 Å². The van der Waals surface area contributed by atoms with E-state index in [-0.39, 0.29) is 5.57 Å². The molecule has 4 heteroatoms. The molecule has 2 rings (SSSR count). The Morgan fingerprint density at radius 1 is 1.08 bits per heavy atom. The number of nitrogens with zero attached hydrogens (tertiary/aromatic N) is 1. The number of anilines is 2. The molecule has 0 unspecified atom stereocenters. The van der Waals surface area contributed by atoms with Crippen molar-refractivity contribution in [3.8, 4) is 6.07 Å². The van der Waals surface area contributed by atoms with Gasteiger partial charge in [0.25, 0.3) is 5.91 Å². The zero-order chi connectivity index (χ0) is 19.1. The minimum Gasteiger partial charge on any atom is -0.360 e. The molecular formula is C22H25N3O. The highest BCUT2D eigenvalue weighted by molar-refractivity contribution is 6.07. The number of para-hydroxylation sites is 1. The van der Waals surface area contributed by atoms with E-state index in [2.05, 4.69) is 10.6 Å². The van der Waals surface area contributed by atoms with Crippen molar-refractivity contribution in [2.24, 2.45) is 0 Å². The van der Waals surface area contributed by atoms with E-state index in [0.717, 1.165) is 46.5 Å². The summed E-state index contributed by atoms with van der Waals surface area (Å²) in [5, 5.41) is 15.4. The molecule has 0 aliphatic heterocycles. The summed E-state index contributed by atoms with van der Waals surface area (Å²) >= 11 is 0. The molecule has 0 saturated carbocycles. The maximum atomic E-state index is 12.6. The quantitative estimate of drug-likeness (QED) is 0.578. The first kappa shape index (κ1) is 19.3. The second-order valence-electron chi connectivity index (χ2n) is 6.17. The number of hydrogen-bond donors (Lipinski definition) is 2. The van der Waals surface area contributed by atoms with Gasteiger partial charge in [-0.25, -0.2) is 0 Å². The standard InChI is InChI=1S/C22H25N3O/c1-5-17-10-8-11-18(6-2)21(17)25-22(26)19(13-23)14-24-20-12-7-9-15(3)16(20)4/h7-12,14,24H,5-6H2,1-4H3,(H,25,26)/b19-14-. The zero-order valence-corrected chi connectivity index (χ0v) is 15.8. The summed E-state index contributed by atoms with van der Waals surface area (Å²) in [7, 11) is 0. The van der Waals surface area contributed by atoms with Crippen molar-refractivity contribution < 1.29 is 4.79 Å². The highest BCUT2D eigenvalue weighted by Gasteiger charge is 2.14. The molecule has 4 nitrogen and oxygen atoms in total. The minimum atomic E-state index is -0.402. The van der Waals surface area contributed by atoms with E-state index in [0.29, 0.717) is 0 Å². The Kier molecular flexibility index (Phi) is 6.57. The lowest BCUT2D eigenvalue weighted by molar-refractivity contribution is -0.112. The van der Waals surface area contributed by atoms with Crippen molar-refractivity contribution in [3.63, 3.8) is 0 Å². The SMILES string of the molecule is CCc1cccc(CC)c1NC(=O)/C(C#N)=C\Nc1cccc(C)c1C. The number of aryl methyl sites for hydroxylation is 3. The molecule has 0 aliphatic rings. The Morgan fingerprint density at radius 3 is 2.27 bits per heavy atom. The lowest BCUT2D eigenvalue weighted by Gasteiger charge is -2.14. The summed E-state index contributed by atoms with van der Waals surface area (Å²) in [5.74, 6) is -0.402. The lowest BCUT2D eigenvalue weighted by Crippen LogP contribution is -2.17. The first-order valence-electron chi connectivity index (χ1n) is 8.86. The van der Waals surface area contributed by atoms with Crippen LogP contribution in [0, 0.1) is 25.2 Å². The Morgan fingerprint density at radius 2 is 1.69 bits per heavy atom. The fourth-order valence-electron chi connectivity index (χ4n) is 2.79. The normalized spacial score (nSPS) is 11.0. The smallest absolute Gasteiger partial charge is 0.267 e. The summed E-state index contributed by atoms with van der Waals surface area (Å²) in [6.07, 6.45) is 3.10. The van der Waals surface area contributed by atoms with Crippen LogP contribution in [-0.4, -0.2) is 5.91 Å². The van der Waals surface area contributed by atoms with Crippen LogP contribution in [0.5, 0.6) is 0 Å². The predicted octanol–water partition coefficient (Wildman–Crippen LogP) is 4.89. The molecule has 0 bridgehead atoms. The molecule has 0 spiro atoms. The van der Waals surface area contributed by atoms with Gasteiger partial charge >= 0.3 is 0 Å². The molecule has 0 atom stereocenters. The molecule has 0 saturated heterocycles. The number of amides is 1. The fraction of sp³-hybridized carbons (Fsp3) is 0.273. The maximum absolute atomic E-state index is 12.6. The van der Waals surface area contributed by atoms with Crippen LogP contribution in [0.3, 0.4) is 0 Å². The largest absolute Gasteiger partial charge is 0.360 e.